The largest absolute Gasteiger partial charge is 0.488 e. The van der Waals surface area contributed by atoms with Gasteiger partial charge in [-0.05, 0) is 36.8 Å². The molecule has 0 unspecified atom stereocenters. The number of halogens is 1. The summed E-state index contributed by atoms with van der Waals surface area (Å²) >= 11 is 5.92. The first-order chi connectivity index (χ1) is 9.70. The van der Waals surface area contributed by atoms with Crippen LogP contribution in [0, 0.1) is 0 Å². The molecule has 4 heteroatoms. The Kier molecular flexibility index (Phi) is 5.02. The van der Waals surface area contributed by atoms with E-state index in [9.17, 15) is 4.79 Å². The maximum atomic E-state index is 11.8. The second-order valence-corrected chi connectivity index (χ2v) is 4.57. The predicted octanol–water partition coefficient (Wildman–Crippen LogP) is 4.10. The molecule has 2 aromatic carbocycles. The van der Waals surface area contributed by atoms with Crippen molar-refractivity contribution in [2.75, 3.05) is 6.61 Å². The molecule has 0 aliphatic heterocycles. The third kappa shape index (κ3) is 3.75. The Balaban J connectivity index is 2.11. The topological polar surface area (TPSA) is 35.5 Å². The highest BCUT2D eigenvalue weighted by molar-refractivity contribution is 6.30. The van der Waals surface area contributed by atoms with Crippen LogP contribution in [0.2, 0.25) is 5.02 Å². The molecule has 104 valence electrons. The van der Waals surface area contributed by atoms with Crippen molar-refractivity contribution < 1.29 is 14.3 Å². The fourth-order valence-corrected chi connectivity index (χ4v) is 1.97. The lowest BCUT2D eigenvalue weighted by atomic mass is 10.2. The Labute approximate surface area is 123 Å². The maximum Gasteiger partial charge on any atom is 0.341 e. The Morgan fingerprint density at radius 3 is 2.70 bits per heavy atom. The summed E-state index contributed by atoms with van der Waals surface area (Å²) in [5, 5.41) is 0.657. The van der Waals surface area contributed by atoms with Crippen molar-refractivity contribution in [1.29, 1.82) is 0 Å². The van der Waals surface area contributed by atoms with Crippen molar-refractivity contribution in [2.45, 2.75) is 13.5 Å². The highest BCUT2D eigenvalue weighted by Gasteiger charge is 2.12. The first kappa shape index (κ1) is 14.4. The van der Waals surface area contributed by atoms with Crippen molar-refractivity contribution in [2.24, 2.45) is 0 Å². The third-order valence-electron chi connectivity index (χ3n) is 2.67. The van der Waals surface area contributed by atoms with E-state index in [2.05, 4.69) is 0 Å². The number of hydrogen-bond donors (Lipinski definition) is 0. The molecular formula is C16H15ClO3. The molecule has 0 heterocycles. The summed E-state index contributed by atoms with van der Waals surface area (Å²) in [6.45, 7) is 2.45. The van der Waals surface area contributed by atoms with Crippen LogP contribution in [0.15, 0.2) is 48.5 Å². The van der Waals surface area contributed by atoms with E-state index in [1.54, 1.807) is 31.2 Å². The van der Waals surface area contributed by atoms with E-state index in [0.29, 0.717) is 29.5 Å². The van der Waals surface area contributed by atoms with Gasteiger partial charge in [-0.15, -0.1) is 0 Å². The standard InChI is InChI=1S/C16H15ClO3/c1-2-19-16(18)14-8-3-4-9-15(14)20-11-12-6-5-7-13(17)10-12/h3-10H,2,11H2,1H3. The number of ether oxygens (including phenoxy) is 2. The van der Waals surface area contributed by atoms with E-state index in [-0.39, 0.29) is 5.97 Å². The number of carbonyl (C=O) groups is 1. The maximum absolute atomic E-state index is 11.8. The molecule has 0 amide bonds. The van der Waals surface area contributed by atoms with Gasteiger partial charge in [0.15, 0.2) is 0 Å². The van der Waals surface area contributed by atoms with Crippen LogP contribution >= 0.6 is 11.6 Å². The first-order valence-corrected chi connectivity index (χ1v) is 6.72. The molecular weight excluding hydrogens is 276 g/mol. The van der Waals surface area contributed by atoms with Gasteiger partial charge in [-0.3, -0.25) is 0 Å². The van der Waals surface area contributed by atoms with E-state index in [1.165, 1.54) is 0 Å². The number of esters is 1. The van der Waals surface area contributed by atoms with Gasteiger partial charge in [0.05, 0.1) is 6.61 Å². The fraction of sp³-hybridized carbons (Fsp3) is 0.188. The molecule has 0 bridgehead atoms. The molecule has 0 aliphatic rings. The highest BCUT2D eigenvalue weighted by atomic mass is 35.5. The van der Waals surface area contributed by atoms with Crippen molar-refractivity contribution >= 4 is 17.6 Å². The van der Waals surface area contributed by atoms with Gasteiger partial charge < -0.3 is 9.47 Å². The number of carbonyl (C=O) groups excluding carboxylic acids is 1. The summed E-state index contributed by atoms with van der Waals surface area (Å²) < 4.78 is 10.7. The molecule has 0 spiro atoms. The molecule has 0 aromatic heterocycles. The molecule has 2 rings (SSSR count). The summed E-state index contributed by atoms with van der Waals surface area (Å²) in [5.74, 6) is 0.125. The average Bonchev–Trinajstić information content (AvgIpc) is 2.46. The number of para-hydroxylation sites is 1. The van der Waals surface area contributed by atoms with Crippen LogP contribution in [0.25, 0.3) is 0 Å². The zero-order chi connectivity index (χ0) is 14.4. The zero-order valence-electron chi connectivity index (χ0n) is 11.1. The lowest BCUT2D eigenvalue weighted by Crippen LogP contribution is -2.07. The van der Waals surface area contributed by atoms with Crippen molar-refractivity contribution in [1.82, 2.24) is 0 Å². The summed E-state index contributed by atoms with van der Waals surface area (Å²) in [7, 11) is 0. The van der Waals surface area contributed by atoms with Crippen molar-refractivity contribution in [3.8, 4) is 5.75 Å². The van der Waals surface area contributed by atoms with Gasteiger partial charge in [0.1, 0.15) is 17.9 Å². The highest BCUT2D eigenvalue weighted by Crippen LogP contribution is 2.21. The molecule has 2 aromatic rings. The molecule has 20 heavy (non-hydrogen) atoms. The van der Waals surface area contributed by atoms with Crippen LogP contribution in [-0.4, -0.2) is 12.6 Å². The van der Waals surface area contributed by atoms with Gasteiger partial charge in [0, 0.05) is 5.02 Å². The Morgan fingerprint density at radius 2 is 1.95 bits per heavy atom. The lowest BCUT2D eigenvalue weighted by Gasteiger charge is -2.10. The Bertz CT molecular complexity index is 596. The van der Waals surface area contributed by atoms with Crippen molar-refractivity contribution in [3.63, 3.8) is 0 Å². The number of hydrogen-bond acceptors (Lipinski definition) is 3. The summed E-state index contributed by atoms with van der Waals surface area (Å²) in [4.78, 5) is 11.8. The van der Waals surface area contributed by atoms with Crippen LogP contribution in [-0.2, 0) is 11.3 Å². The van der Waals surface area contributed by atoms with Crippen LogP contribution in [0.5, 0.6) is 5.75 Å². The second kappa shape index (κ2) is 6.96. The monoisotopic (exact) mass is 290 g/mol. The van der Waals surface area contributed by atoms with Gasteiger partial charge in [-0.1, -0.05) is 35.9 Å². The number of benzene rings is 2. The summed E-state index contributed by atoms with van der Waals surface area (Å²) in [6.07, 6.45) is 0. The predicted molar refractivity (Wildman–Crippen MR) is 78.2 cm³/mol. The van der Waals surface area contributed by atoms with E-state index in [0.717, 1.165) is 5.56 Å². The van der Waals surface area contributed by atoms with Crippen molar-refractivity contribution in [3.05, 3.63) is 64.7 Å². The number of rotatable bonds is 5. The van der Waals surface area contributed by atoms with Gasteiger partial charge in [0.25, 0.3) is 0 Å². The second-order valence-electron chi connectivity index (χ2n) is 4.14. The van der Waals surface area contributed by atoms with Crippen LogP contribution in [0.3, 0.4) is 0 Å². The van der Waals surface area contributed by atoms with E-state index in [1.807, 2.05) is 24.3 Å². The SMILES string of the molecule is CCOC(=O)c1ccccc1OCc1cccc(Cl)c1. The van der Waals surface area contributed by atoms with Crippen LogP contribution < -0.4 is 4.74 Å². The summed E-state index contributed by atoms with van der Waals surface area (Å²) in [5.41, 5.74) is 1.37. The van der Waals surface area contributed by atoms with E-state index >= 15 is 0 Å². The first-order valence-electron chi connectivity index (χ1n) is 6.34. The quantitative estimate of drug-likeness (QED) is 0.778. The Morgan fingerprint density at radius 1 is 1.15 bits per heavy atom. The molecule has 0 aliphatic carbocycles. The van der Waals surface area contributed by atoms with E-state index in [4.69, 9.17) is 21.1 Å². The molecule has 0 saturated carbocycles. The molecule has 0 atom stereocenters. The lowest BCUT2D eigenvalue weighted by molar-refractivity contribution is 0.0521. The van der Waals surface area contributed by atoms with Crippen LogP contribution in [0.1, 0.15) is 22.8 Å². The fourth-order valence-electron chi connectivity index (χ4n) is 1.76. The average molecular weight is 291 g/mol. The minimum absolute atomic E-state index is 0.335. The zero-order valence-corrected chi connectivity index (χ0v) is 11.9. The molecule has 0 N–H and O–H groups in total. The molecule has 0 saturated heterocycles. The minimum Gasteiger partial charge on any atom is -0.488 e. The van der Waals surface area contributed by atoms with Gasteiger partial charge in [-0.25, -0.2) is 4.79 Å². The molecule has 0 fully saturated rings. The minimum atomic E-state index is -0.380. The normalized spacial score (nSPS) is 10.1. The summed E-state index contributed by atoms with van der Waals surface area (Å²) in [6, 6.07) is 14.4. The van der Waals surface area contributed by atoms with Gasteiger partial charge >= 0.3 is 5.97 Å². The van der Waals surface area contributed by atoms with E-state index < -0.39 is 0 Å². The van der Waals surface area contributed by atoms with Gasteiger partial charge in [0.2, 0.25) is 0 Å². The Hall–Kier alpha value is -2.00. The third-order valence-corrected chi connectivity index (χ3v) is 2.90. The smallest absolute Gasteiger partial charge is 0.341 e. The van der Waals surface area contributed by atoms with Crippen LogP contribution in [0.4, 0.5) is 0 Å². The molecule has 3 nitrogen and oxygen atoms in total. The van der Waals surface area contributed by atoms with Gasteiger partial charge in [-0.2, -0.15) is 0 Å². The molecule has 0 radical (unpaired) electrons.